The van der Waals surface area contributed by atoms with Crippen LogP contribution in [0.15, 0.2) is 10.9 Å². The molecule has 0 spiro atoms. The first-order valence-electron chi connectivity index (χ1n) is 5.58. The molecule has 88 valence electrons. The largest absolute Gasteiger partial charge is 0.477 e. The number of H-pyrrole nitrogens is 1. The van der Waals surface area contributed by atoms with Crippen LogP contribution in [0.5, 0.6) is 5.88 Å². The molecule has 16 heavy (non-hydrogen) atoms. The maximum absolute atomic E-state index is 11.3. The highest BCUT2D eigenvalue weighted by atomic mass is 16.5. The van der Waals surface area contributed by atoms with Crippen molar-refractivity contribution in [2.24, 2.45) is 5.92 Å². The SMILES string of the molecule is CCc1nc(OCC2CCOC2)cc(=O)[nH]1. The molecular formula is C11H16N2O3. The average Bonchev–Trinajstić information content (AvgIpc) is 2.78. The Kier molecular flexibility index (Phi) is 3.56. The number of hydrogen-bond donors (Lipinski definition) is 1. The molecule has 1 fully saturated rings. The monoisotopic (exact) mass is 224 g/mol. The third-order valence-electron chi connectivity index (χ3n) is 2.59. The van der Waals surface area contributed by atoms with Crippen molar-refractivity contribution in [2.45, 2.75) is 19.8 Å². The Balaban J connectivity index is 1.97. The summed E-state index contributed by atoms with van der Waals surface area (Å²) in [6.45, 7) is 4.05. The van der Waals surface area contributed by atoms with Crippen LogP contribution in [0.25, 0.3) is 0 Å². The Morgan fingerprint density at radius 2 is 2.56 bits per heavy atom. The highest BCUT2D eigenvalue weighted by Gasteiger charge is 2.16. The number of ether oxygens (including phenoxy) is 2. The number of aryl methyl sites for hydroxylation is 1. The van der Waals surface area contributed by atoms with Gasteiger partial charge in [-0.2, -0.15) is 0 Å². The molecule has 0 aliphatic carbocycles. The van der Waals surface area contributed by atoms with Crippen LogP contribution in [-0.4, -0.2) is 29.8 Å². The van der Waals surface area contributed by atoms with Gasteiger partial charge < -0.3 is 14.5 Å². The molecule has 1 unspecified atom stereocenters. The Morgan fingerprint density at radius 1 is 1.69 bits per heavy atom. The van der Waals surface area contributed by atoms with Crippen LogP contribution in [0, 0.1) is 5.92 Å². The van der Waals surface area contributed by atoms with Gasteiger partial charge in [0.1, 0.15) is 5.82 Å². The summed E-state index contributed by atoms with van der Waals surface area (Å²) in [7, 11) is 0. The summed E-state index contributed by atoms with van der Waals surface area (Å²) >= 11 is 0. The summed E-state index contributed by atoms with van der Waals surface area (Å²) in [4.78, 5) is 18.1. The summed E-state index contributed by atoms with van der Waals surface area (Å²) in [6, 6.07) is 1.38. The fourth-order valence-electron chi connectivity index (χ4n) is 1.64. The Bertz CT molecular complexity index is 396. The van der Waals surface area contributed by atoms with Crippen LogP contribution in [0.4, 0.5) is 0 Å². The number of rotatable bonds is 4. The minimum atomic E-state index is -0.162. The summed E-state index contributed by atoms with van der Waals surface area (Å²) in [5.41, 5.74) is -0.162. The zero-order valence-electron chi connectivity index (χ0n) is 9.36. The lowest BCUT2D eigenvalue weighted by Gasteiger charge is -2.09. The van der Waals surface area contributed by atoms with Crippen LogP contribution in [0.1, 0.15) is 19.2 Å². The van der Waals surface area contributed by atoms with E-state index in [1.165, 1.54) is 6.07 Å². The summed E-state index contributed by atoms with van der Waals surface area (Å²) in [5, 5.41) is 0. The van der Waals surface area contributed by atoms with E-state index in [1.54, 1.807) is 0 Å². The van der Waals surface area contributed by atoms with E-state index < -0.39 is 0 Å². The average molecular weight is 224 g/mol. The number of nitrogens with one attached hydrogen (secondary N) is 1. The molecule has 1 aliphatic heterocycles. The Morgan fingerprint density at radius 3 is 3.25 bits per heavy atom. The molecule has 5 nitrogen and oxygen atoms in total. The molecule has 1 N–H and O–H groups in total. The second kappa shape index (κ2) is 5.12. The van der Waals surface area contributed by atoms with Gasteiger partial charge in [-0.15, -0.1) is 0 Å². The molecule has 1 aliphatic rings. The highest BCUT2D eigenvalue weighted by molar-refractivity contribution is 5.08. The number of nitrogens with zero attached hydrogens (tertiary/aromatic N) is 1. The second-order valence-corrected chi connectivity index (χ2v) is 3.92. The van der Waals surface area contributed by atoms with Gasteiger partial charge in [-0.25, -0.2) is 4.98 Å². The van der Waals surface area contributed by atoms with Gasteiger partial charge in [-0.3, -0.25) is 4.79 Å². The topological polar surface area (TPSA) is 64.2 Å². The number of aromatic nitrogens is 2. The third kappa shape index (κ3) is 2.82. The van der Waals surface area contributed by atoms with E-state index in [1.807, 2.05) is 6.92 Å². The molecule has 2 rings (SSSR count). The van der Waals surface area contributed by atoms with Crippen molar-refractivity contribution in [3.63, 3.8) is 0 Å². The summed E-state index contributed by atoms with van der Waals surface area (Å²) in [5.74, 6) is 1.49. The van der Waals surface area contributed by atoms with Crippen molar-refractivity contribution >= 4 is 0 Å². The summed E-state index contributed by atoms with van der Waals surface area (Å²) in [6.07, 6.45) is 1.71. The van der Waals surface area contributed by atoms with Crippen molar-refractivity contribution in [3.05, 3.63) is 22.2 Å². The molecule has 0 radical (unpaired) electrons. The predicted molar refractivity (Wildman–Crippen MR) is 58.7 cm³/mol. The Labute approximate surface area is 93.8 Å². The van der Waals surface area contributed by atoms with Gasteiger partial charge in [-0.1, -0.05) is 6.92 Å². The zero-order valence-corrected chi connectivity index (χ0v) is 9.36. The normalized spacial score (nSPS) is 19.9. The van der Waals surface area contributed by atoms with E-state index in [2.05, 4.69) is 9.97 Å². The van der Waals surface area contributed by atoms with Crippen molar-refractivity contribution in [3.8, 4) is 5.88 Å². The van der Waals surface area contributed by atoms with Crippen molar-refractivity contribution in [1.82, 2.24) is 9.97 Å². The van der Waals surface area contributed by atoms with Gasteiger partial charge in [0.25, 0.3) is 5.56 Å². The molecule has 1 saturated heterocycles. The molecule has 0 aromatic carbocycles. The van der Waals surface area contributed by atoms with Gasteiger partial charge in [-0.05, 0) is 6.42 Å². The first kappa shape index (κ1) is 11.1. The third-order valence-corrected chi connectivity index (χ3v) is 2.59. The van der Waals surface area contributed by atoms with Gasteiger partial charge in [0.2, 0.25) is 5.88 Å². The molecule has 0 amide bonds. The minimum absolute atomic E-state index is 0.162. The van der Waals surface area contributed by atoms with Gasteiger partial charge in [0, 0.05) is 18.9 Å². The molecule has 2 heterocycles. The fraction of sp³-hybridized carbons (Fsp3) is 0.636. The molecule has 0 saturated carbocycles. The smallest absolute Gasteiger partial charge is 0.254 e. The van der Waals surface area contributed by atoms with Crippen LogP contribution < -0.4 is 10.3 Å². The zero-order chi connectivity index (χ0) is 11.4. The standard InChI is InChI=1S/C11H16N2O3/c1-2-9-12-10(14)5-11(13-9)16-7-8-3-4-15-6-8/h5,8H,2-4,6-7H2,1H3,(H,12,13,14). The molecular weight excluding hydrogens is 208 g/mol. The lowest BCUT2D eigenvalue weighted by Crippen LogP contribution is -2.16. The van der Waals surface area contributed by atoms with Crippen LogP contribution in [0.3, 0.4) is 0 Å². The first-order valence-corrected chi connectivity index (χ1v) is 5.58. The van der Waals surface area contributed by atoms with E-state index in [-0.39, 0.29) is 5.56 Å². The minimum Gasteiger partial charge on any atom is -0.477 e. The molecule has 5 heteroatoms. The van der Waals surface area contributed by atoms with Crippen LogP contribution >= 0.6 is 0 Å². The lowest BCUT2D eigenvalue weighted by atomic mass is 10.1. The highest BCUT2D eigenvalue weighted by Crippen LogP contribution is 2.13. The number of aromatic amines is 1. The fourth-order valence-corrected chi connectivity index (χ4v) is 1.64. The Hall–Kier alpha value is -1.36. The number of hydrogen-bond acceptors (Lipinski definition) is 4. The quantitative estimate of drug-likeness (QED) is 0.819. The maximum atomic E-state index is 11.3. The maximum Gasteiger partial charge on any atom is 0.254 e. The second-order valence-electron chi connectivity index (χ2n) is 3.92. The summed E-state index contributed by atoms with van der Waals surface area (Å²) < 4.78 is 10.7. The van der Waals surface area contributed by atoms with E-state index in [4.69, 9.17) is 9.47 Å². The van der Waals surface area contributed by atoms with Crippen molar-refractivity contribution in [1.29, 1.82) is 0 Å². The molecule has 1 aromatic rings. The van der Waals surface area contributed by atoms with E-state index in [0.29, 0.717) is 30.7 Å². The first-order chi connectivity index (χ1) is 7.78. The van der Waals surface area contributed by atoms with Gasteiger partial charge in [0.05, 0.1) is 19.3 Å². The van der Waals surface area contributed by atoms with Crippen LogP contribution in [0.2, 0.25) is 0 Å². The predicted octanol–water partition coefficient (Wildman–Crippen LogP) is 0.748. The van der Waals surface area contributed by atoms with Crippen LogP contribution in [-0.2, 0) is 11.2 Å². The van der Waals surface area contributed by atoms with E-state index in [9.17, 15) is 4.79 Å². The van der Waals surface area contributed by atoms with Gasteiger partial charge >= 0.3 is 0 Å². The van der Waals surface area contributed by atoms with Gasteiger partial charge in [0.15, 0.2) is 0 Å². The molecule has 1 atom stereocenters. The van der Waals surface area contributed by atoms with Crippen molar-refractivity contribution < 1.29 is 9.47 Å². The molecule has 1 aromatic heterocycles. The lowest BCUT2D eigenvalue weighted by molar-refractivity contribution is 0.165. The van der Waals surface area contributed by atoms with E-state index >= 15 is 0 Å². The van der Waals surface area contributed by atoms with Crippen molar-refractivity contribution in [2.75, 3.05) is 19.8 Å². The van der Waals surface area contributed by atoms with E-state index in [0.717, 1.165) is 19.6 Å². The molecule has 0 bridgehead atoms.